The first kappa shape index (κ1) is 20.4. The number of nitrogens with one attached hydrogen (secondary N) is 1. The number of benzene rings is 1. The molecule has 2 aromatic rings. The Hall–Kier alpha value is -1.89. The second kappa shape index (κ2) is 8.46. The third-order valence-electron chi connectivity index (χ3n) is 6.31. The quantitative estimate of drug-likeness (QED) is 0.809. The lowest BCUT2D eigenvalue weighted by molar-refractivity contribution is 0.0493. The van der Waals surface area contributed by atoms with Crippen LogP contribution in [0.5, 0.6) is 0 Å². The van der Waals surface area contributed by atoms with E-state index >= 15 is 0 Å². The van der Waals surface area contributed by atoms with Crippen molar-refractivity contribution in [3.05, 3.63) is 57.3 Å². The number of hydrogen-bond donors (Lipinski definition) is 1. The first-order chi connectivity index (χ1) is 13.7. The van der Waals surface area contributed by atoms with Crippen LogP contribution in [0.3, 0.4) is 0 Å². The summed E-state index contributed by atoms with van der Waals surface area (Å²) in [5, 5.41) is 3.13. The van der Waals surface area contributed by atoms with Crippen molar-refractivity contribution < 1.29 is 9.59 Å². The molecule has 29 heavy (non-hydrogen) atoms. The van der Waals surface area contributed by atoms with E-state index in [1.165, 1.54) is 16.9 Å². The molecule has 154 valence electrons. The number of fused-ring (bicyclic) bond motifs is 3. The number of amides is 2. The summed E-state index contributed by atoms with van der Waals surface area (Å²) in [4.78, 5) is 32.3. The topological polar surface area (TPSA) is 52.7 Å². The van der Waals surface area contributed by atoms with Gasteiger partial charge >= 0.3 is 0 Å². The van der Waals surface area contributed by atoms with Crippen molar-refractivity contribution in [3.63, 3.8) is 0 Å². The minimum absolute atomic E-state index is 0. The fourth-order valence-electron chi connectivity index (χ4n) is 4.77. The van der Waals surface area contributed by atoms with Crippen molar-refractivity contribution in [3.8, 4) is 0 Å². The summed E-state index contributed by atoms with van der Waals surface area (Å²) in [6, 6.07) is 12.1. The minimum Gasteiger partial charge on any atom is -0.350 e. The highest BCUT2D eigenvalue weighted by molar-refractivity contribution is 7.14. The molecule has 3 unspecified atom stereocenters. The van der Waals surface area contributed by atoms with Crippen LogP contribution in [0.15, 0.2) is 36.4 Å². The van der Waals surface area contributed by atoms with Crippen molar-refractivity contribution >= 4 is 35.6 Å². The largest absolute Gasteiger partial charge is 0.350 e. The second-order valence-corrected chi connectivity index (χ2v) is 9.17. The zero-order chi connectivity index (χ0) is 19.1. The van der Waals surface area contributed by atoms with Crippen LogP contribution in [-0.4, -0.2) is 59.9 Å². The Morgan fingerprint density at radius 3 is 2.76 bits per heavy atom. The predicted molar refractivity (Wildman–Crippen MR) is 117 cm³/mol. The van der Waals surface area contributed by atoms with Gasteiger partial charge in [-0.25, -0.2) is 0 Å². The number of carbonyl (C=O) groups is 2. The van der Waals surface area contributed by atoms with Crippen LogP contribution in [0, 0.1) is 0 Å². The van der Waals surface area contributed by atoms with Crippen molar-refractivity contribution in [1.82, 2.24) is 15.1 Å². The Morgan fingerprint density at radius 1 is 1.14 bits per heavy atom. The van der Waals surface area contributed by atoms with Gasteiger partial charge in [-0.15, -0.1) is 23.7 Å². The lowest BCUT2D eigenvalue weighted by atomic mass is 10.1. The number of hydrogen-bond acceptors (Lipinski definition) is 4. The van der Waals surface area contributed by atoms with Crippen LogP contribution in [0.2, 0.25) is 0 Å². The summed E-state index contributed by atoms with van der Waals surface area (Å²) >= 11 is 1.64. The molecule has 0 radical (unpaired) electrons. The second-order valence-electron chi connectivity index (χ2n) is 8.04. The average Bonchev–Trinajstić information content (AvgIpc) is 3.43. The van der Waals surface area contributed by atoms with Crippen molar-refractivity contribution in [2.24, 2.45) is 0 Å². The van der Waals surface area contributed by atoms with Gasteiger partial charge in [-0.1, -0.05) is 18.2 Å². The zero-order valence-electron chi connectivity index (χ0n) is 16.3. The molecule has 3 heterocycles. The van der Waals surface area contributed by atoms with Crippen LogP contribution in [0.4, 0.5) is 0 Å². The van der Waals surface area contributed by atoms with Crippen LogP contribution >= 0.6 is 23.7 Å². The van der Waals surface area contributed by atoms with Gasteiger partial charge in [0.15, 0.2) is 0 Å². The molecule has 2 saturated heterocycles. The summed E-state index contributed by atoms with van der Waals surface area (Å²) < 4.78 is 0. The Kier molecular flexibility index (Phi) is 5.95. The van der Waals surface area contributed by atoms with Gasteiger partial charge in [-0.2, -0.15) is 0 Å². The summed E-state index contributed by atoms with van der Waals surface area (Å²) in [5.41, 5.74) is 2.11. The number of rotatable bonds is 4. The third-order valence-corrected chi connectivity index (χ3v) is 7.55. The lowest BCUT2D eigenvalue weighted by Crippen LogP contribution is -2.57. The Bertz CT molecular complexity index is 879. The van der Waals surface area contributed by atoms with Gasteiger partial charge in [0.25, 0.3) is 11.8 Å². The van der Waals surface area contributed by atoms with E-state index in [9.17, 15) is 9.59 Å². The van der Waals surface area contributed by atoms with E-state index in [-0.39, 0.29) is 30.3 Å². The molecule has 5 rings (SSSR count). The number of halogens is 1. The van der Waals surface area contributed by atoms with Crippen LogP contribution < -0.4 is 5.32 Å². The summed E-state index contributed by atoms with van der Waals surface area (Å²) in [7, 11) is 0. The van der Waals surface area contributed by atoms with Crippen molar-refractivity contribution in [1.29, 1.82) is 0 Å². The van der Waals surface area contributed by atoms with E-state index < -0.39 is 0 Å². The molecule has 1 aromatic heterocycles. The van der Waals surface area contributed by atoms with Crippen molar-refractivity contribution in [2.75, 3.05) is 26.2 Å². The summed E-state index contributed by atoms with van der Waals surface area (Å²) in [5.74, 6) is 0.139. The monoisotopic (exact) mass is 431 g/mol. The highest BCUT2D eigenvalue weighted by Crippen LogP contribution is 2.31. The van der Waals surface area contributed by atoms with Gasteiger partial charge in [0.05, 0.1) is 4.88 Å². The highest BCUT2D eigenvalue weighted by atomic mass is 35.5. The van der Waals surface area contributed by atoms with Crippen LogP contribution in [-0.2, 0) is 12.8 Å². The lowest BCUT2D eigenvalue weighted by Gasteiger charge is -2.40. The van der Waals surface area contributed by atoms with Gasteiger partial charge in [-0.05, 0) is 49.4 Å². The van der Waals surface area contributed by atoms with Crippen LogP contribution in [0.1, 0.15) is 43.3 Å². The summed E-state index contributed by atoms with van der Waals surface area (Å²) in [6.07, 6.45) is 4.45. The SMILES string of the molecule is Cl.O=C(NCC1CN(C(=O)c2ccccc2)C2CCN1C2)c1cc2c(s1)CCC2. The molecule has 2 amide bonds. The van der Waals surface area contributed by atoms with Gasteiger partial charge < -0.3 is 10.2 Å². The van der Waals surface area contributed by atoms with E-state index in [4.69, 9.17) is 0 Å². The number of carbonyl (C=O) groups excluding carboxylic acids is 2. The van der Waals surface area contributed by atoms with Gasteiger partial charge in [0, 0.05) is 48.7 Å². The fourth-order valence-corrected chi connectivity index (χ4v) is 5.94. The molecule has 2 fully saturated rings. The van der Waals surface area contributed by atoms with Crippen LogP contribution in [0.25, 0.3) is 0 Å². The molecule has 3 aliphatic rings. The predicted octanol–water partition coefficient (Wildman–Crippen LogP) is 2.99. The van der Waals surface area contributed by atoms with E-state index in [1.807, 2.05) is 35.2 Å². The maximum Gasteiger partial charge on any atom is 0.261 e. The average molecular weight is 432 g/mol. The molecule has 1 aliphatic carbocycles. The normalized spacial score (nSPS) is 24.7. The highest BCUT2D eigenvalue weighted by Gasteiger charge is 2.40. The van der Waals surface area contributed by atoms with E-state index in [0.717, 1.165) is 42.8 Å². The zero-order valence-corrected chi connectivity index (χ0v) is 17.9. The Labute approximate surface area is 181 Å². The van der Waals surface area contributed by atoms with Crippen molar-refractivity contribution in [2.45, 2.75) is 37.8 Å². The first-order valence-corrected chi connectivity index (χ1v) is 11.0. The Morgan fingerprint density at radius 2 is 1.97 bits per heavy atom. The Balaban J connectivity index is 0.00000205. The standard InChI is InChI=1S/C22H25N3O2S.ClH/c26-21(20-11-16-7-4-8-19(16)28-20)23-12-18-14-25(17-9-10-24(18)13-17)22(27)15-5-2-1-3-6-15;/h1-3,5-6,11,17-18H,4,7-10,12-14H2,(H,23,26);1H. The molecule has 0 saturated carbocycles. The van der Waals surface area contributed by atoms with Gasteiger partial charge in [-0.3, -0.25) is 14.5 Å². The maximum absolute atomic E-state index is 13.0. The molecule has 2 bridgehead atoms. The van der Waals surface area contributed by atoms with E-state index in [1.54, 1.807) is 11.3 Å². The molecule has 7 heteroatoms. The van der Waals surface area contributed by atoms with E-state index in [2.05, 4.69) is 16.3 Å². The maximum atomic E-state index is 13.0. The molecule has 5 nitrogen and oxygen atoms in total. The summed E-state index contributed by atoms with van der Waals surface area (Å²) in [6.45, 7) is 3.18. The van der Waals surface area contributed by atoms with Gasteiger partial charge in [0.1, 0.15) is 0 Å². The fraction of sp³-hybridized carbons (Fsp3) is 0.455. The van der Waals surface area contributed by atoms with Gasteiger partial charge in [0.2, 0.25) is 0 Å². The molecule has 1 N–H and O–H groups in total. The third kappa shape index (κ3) is 3.93. The first-order valence-electron chi connectivity index (χ1n) is 10.2. The van der Waals surface area contributed by atoms with E-state index in [0.29, 0.717) is 19.1 Å². The molecule has 2 aliphatic heterocycles. The molecule has 1 aromatic carbocycles. The minimum atomic E-state index is 0. The number of thiophene rings is 1. The number of piperazine rings is 1. The molecular formula is C22H26ClN3O2S. The molecular weight excluding hydrogens is 406 g/mol. The number of nitrogens with zero attached hydrogens (tertiary/aromatic N) is 2. The number of aryl methyl sites for hydroxylation is 2. The smallest absolute Gasteiger partial charge is 0.261 e. The molecule has 3 atom stereocenters. The molecule has 0 spiro atoms.